The molecule has 7 heavy (non-hydrogen) atoms. The molecule has 0 saturated heterocycles. The van der Waals surface area contributed by atoms with Gasteiger partial charge in [0.2, 0.25) is 0 Å². The van der Waals surface area contributed by atoms with E-state index in [0.29, 0.717) is 0 Å². The van der Waals surface area contributed by atoms with E-state index in [0.717, 1.165) is 0 Å². The van der Waals surface area contributed by atoms with Crippen molar-refractivity contribution in [1.82, 2.24) is 0 Å². The molecule has 0 aliphatic carbocycles. The minimum absolute atomic E-state index is 2.22. The van der Waals surface area contributed by atoms with Gasteiger partial charge in [0.05, 0.1) is 0 Å². The van der Waals surface area contributed by atoms with Crippen molar-refractivity contribution in [2.45, 2.75) is 0 Å². The van der Waals surface area contributed by atoms with Crippen LogP contribution in [0.1, 0.15) is 0 Å². The third-order valence-electron chi connectivity index (χ3n) is 0.172. The molecule has 0 aromatic heterocycles. The van der Waals surface area contributed by atoms with Crippen LogP contribution in [0, 0.1) is 0 Å². The molecular formula is H2N7-. The summed E-state index contributed by atoms with van der Waals surface area (Å²) in [6, 6.07) is 0. The maximum atomic E-state index is 7.51. The van der Waals surface area contributed by atoms with Gasteiger partial charge >= 0.3 is 0 Å². The van der Waals surface area contributed by atoms with E-state index in [-0.39, 0.29) is 0 Å². The Morgan fingerprint density at radius 1 is 1.14 bits per heavy atom. The minimum atomic E-state index is 2.22. The number of hydrogen-bond donors (Lipinski definition) is 1. The van der Waals surface area contributed by atoms with Crippen LogP contribution in [0.2, 0.25) is 0 Å². The maximum Gasteiger partial charge on any atom is -0.0257 e. The molecule has 0 atom stereocenters. The first-order chi connectivity index (χ1) is 3.41. The zero-order valence-electron chi connectivity index (χ0n) is 3.26. The summed E-state index contributed by atoms with van der Waals surface area (Å²) in [6.45, 7) is 0. The highest BCUT2D eigenvalue weighted by Crippen LogP contribution is 1.74. The lowest BCUT2D eigenvalue weighted by Gasteiger charge is -1.75. The van der Waals surface area contributed by atoms with Gasteiger partial charge in [-0.15, -0.1) is 5.22 Å². The van der Waals surface area contributed by atoms with E-state index in [4.69, 9.17) is 5.53 Å². The van der Waals surface area contributed by atoms with Crippen molar-refractivity contribution in [3.05, 3.63) is 5.53 Å². The van der Waals surface area contributed by atoms with Gasteiger partial charge in [-0.05, 0) is 5.22 Å². The van der Waals surface area contributed by atoms with Gasteiger partial charge in [-0.1, -0.05) is 5.22 Å². The molecule has 0 rings (SSSR count). The molecule has 0 aliphatic rings. The van der Waals surface area contributed by atoms with Crippen LogP contribution in [-0.2, 0) is 0 Å². The van der Waals surface area contributed by atoms with Crippen molar-refractivity contribution < 1.29 is 0 Å². The molecule has 0 amide bonds. The summed E-state index contributed by atoms with van der Waals surface area (Å²) >= 11 is 0. The molecule has 0 heterocycles. The highest BCUT2D eigenvalue weighted by atomic mass is 15.6. The van der Waals surface area contributed by atoms with Crippen LogP contribution >= 0.6 is 0 Å². The lowest BCUT2D eigenvalue weighted by molar-refractivity contribution is 0.850. The predicted octanol–water partition coefficient (Wildman–Crippen LogP) is 0.616. The number of hydrogen-bond acceptors (Lipinski definition) is 1. The topological polar surface area (TPSA) is 110 Å². The van der Waals surface area contributed by atoms with E-state index >= 15 is 0 Å². The van der Waals surface area contributed by atoms with Gasteiger partial charge in [0.1, 0.15) is 0 Å². The van der Waals surface area contributed by atoms with Crippen molar-refractivity contribution >= 4 is 0 Å². The lowest BCUT2D eigenvalue weighted by atomic mass is 12.4. The third-order valence-corrected chi connectivity index (χ3v) is 0.172. The first-order valence-electron chi connectivity index (χ1n) is 1.26. The molecule has 0 aliphatic heterocycles. The fourth-order valence-electron chi connectivity index (χ4n) is 0.0589. The van der Waals surface area contributed by atoms with Crippen LogP contribution in [-0.4, -0.2) is 0 Å². The maximum absolute atomic E-state index is 7.51. The Hall–Kier alpha value is -1.40. The molecule has 0 radical (unpaired) electrons. The van der Waals surface area contributed by atoms with Crippen LogP contribution in [0.5, 0.6) is 0 Å². The number of rotatable bonds is 2. The molecule has 7 nitrogen and oxygen atoms in total. The molecule has 0 aromatic carbocycles. The van der Waals surface area contributed by atoms with Crippen LogP contribution in [0.3, 0.4) is 0 Å². The SMILES string of the molecule is [N-]=N/N=N/N=N/N. The van der Waals surface area contributed by atoms with Crippen molar-refractivity contribution in [3.8, 4) is 0 Å². The van der Waals surface area contributed by atoms with Gasteiger partial charge in [-0.2, -0.15) is 0 Å². The standard InChI is InChI=1S/H2N7/c1-3-5-7-6-4-2/h(H2-,1,2,5,6)/q-1. The molecule has 7 heteroatoms. The van der Waals surface area contributed by atoms with Crippen LogP contribution in [0.15, 0.2) is 26.1 Å². The summed E-state index contributed by atoms with van der Waals surface area (Å²) in [5.41, 5.74) is 7.51. The molecule has 0 aromatic rings. The summed E-state index contributed by atoms with van der Waals surface area (Å²) < 4.78 is 0. The fraction of sp³-hybridized carbons (Fsp3) is 0. The number of nitrogens with two attached hydrogens (primary N) is 1. The van der Waals surface area contributed by atoms with Crippen molar-refractivity contribution in [1.29, 1.82) is 0 Å². The highest BCUT2D eigenvalue weighted by Gasteiger charge is 1.45. The van der Waals surface area contributed by atoms with Crippen LogP contribution in [0.25, 0.3) is 5.53 Å². The Kier molecular flexibility index (Phi) is 3.68. The molecule has 0 spiro atoms. The Balaban J connectivity index is 3.27. The Morgan fingerprint density at radius 2 is 1.86 bits per heavy atom. The van der Waals surface area contributed by atoms with Gasteiger partial charge in [0, 0.05) is 0 Å². The van der Waals surface area contributed by atoms with Crippen LogP contribution < -0.4 is 5.84 Å². The van der Waals surface area contributed by atoms with Gasteiger partial charge < -0.3 is 11.4 Å². The van der Waals surface area contributed by atoms with E-state index in [9.17, 15) is 0 Å². The second-order valence-electron chi connectivity index (χ2n) is 0.473. The van der Waals surface area contributed by atoms with E-state index in [1.807, 2.05) is 0 Å². The van der Waals surface area contributed by atoms with Crippen molar-refractivity contribution in [2.75, 3.05) is 0 Å². The average Bonchev–Trinajstić information content (AvgIpc) is 1.69. The molecule has 0 unspecified atom stereocenters. The monoisotopic (exact) mass is 100 g/mol. The third kappa shape index (κ3) is 4.60. The lowest BCUT2D eigenvalue weighted by Crippen LogP contribution is -1.70. The highest BCUT2D eigenvalue weighted by molar-refractivity contribution is 4.08. The summed E-state index contributed by atoms with van der Waals surface area (Å²) in [4.78, 5) is 0. The molecule has 0 fully saturated rings. The molecular weight excluding hydrogens is 98.0 g/mol. The zero-order chi connectivity index (χ0) is 5.54. The smallest absolute Gasteiger partial charge is 0.0257 e. The van der Waals surface area contributed by atoms with Crippen molar-refractivity contribution in [2.24, 2.45) is 32.0 Å². The van der Waals surface area contributed by atoms with Gasteiger partial charge in [0.15, 0.2) is 0 Å². The normalized spacial score (nSPS) is 10.9. The van der Waals surface area contributed by atoms with Crippen LogP contribution in [0.4, 0.5) is 0 Å². The first-order valence-corrected chi connectivity index (χ1v) is 1.26. The first kappa shape index (κ1) is 5.60. The fourth-order valence-corrected chi connectivity index (χ4v) is 0.0589. The summed E-state index contributed by atoms with van der Waals surface area (Å²) in [5.74, 6) is 4.45. The van der Waals surface area contributed by atoms with E-state index in [2.05, 4.69) is 32.0 Å². The van der Waals surface area contributed by atoms with Crippen molar-refractivity contribution in [3.63, 3.8) is 0 Å². The number of nitrogens with zero attached hydrogens (tertiary/aromatic N) is 6. The Morgan fingerprint density at radius 3 is 2.29 bits per heavy atom. The average molecular weight is 100 g/mol. The molecule has 0 saturated carbocycles. The van der Waals surface area contributed by atoms with E-state index in [1.54, 1.807) is 0 Å². The Bertz CT molecular complexity index is 86.2. The largest absolute Gasteiger partial charge is 0.360 e. The second kappa shape index (κ2) is 4.60. The summed E-state index contributed by atoms with van der Waals surface area (Å²) in [7, 11) is 0. The van der Waals surface area contributed by atoms with E-state index in [1.165, 1.54) is 0 Å². The Labute approximate surface area is 38.8 Å². The summed E-state index contributed by atoms with van der Waals surface area (Å²) in [6.07, 6.45) is 0. The predicted molar refractivity (Wildman–Crippen MR) is 19.7 cm³/mol. The summed E-state index contributed by atoms with van der Waals surface area (Å²) in [5, 5.41) is 13.0. The molecule has 2 N–H and O–H groups in total. The molecule has 0 bridgehead atoms. The quantitative estimate of drug-likeness (QED) is 0.306. The molecule has 38 valence electrons. The van der Waals surface area contributed by atoms with Gasteiger partial charge in [-0.3, -0.25) is 5.22 Å². The zero-order valence-corrected chi connectivity index (χ0v) is 3.26. The van der Waals surface area contributed by atoms with Gasteiger partial charge in [0.25, 0.3) is 0 Å². The minimum Gasteiger partial charge on any atom is -0.360 e. The van der Waals surface area contributed by atoms with E-state index < -0.39 is 0 Å². The van der Waals surface area contributed by atoms with Gasteiger partial charge in [-0.25, -0.2) is 5.22 Å². The second-order valence-corrected chi connectivity index (χ2v) is 0.473.